The third-order valence-electron chi connectivity index (χ3n) is 3.89. The maximum Gasteiger partial charge on any atom is 0.225 e. The lowest BCUT2D eigenvalue weighted by atomic mass is 9.88. The van der Waals surface area contributed by atoms with Crippen molar-refractivity contribution in [1.29, 1.82) is 0 Å². The molecule has 0 bridgehead atoms. The normalized spacial score (nSPS) is 20.3. The van der Waals surface area contributed by atoms with Crippen molar-refractivity contribution in [2.24, 2.45) is 0 Å². The van der Waals surface area contributed by atoms with Gasteiger partial charge in [0.05, 0.1) is 0 Å². The van der Waals surface area contributed by atoms with Crippen LogP contribution in [0.5, 0.6) is 0 Å². The van der Waals surface area contributed by atoms with Crippen LogP contribution in [0.4, 0.5) is 11.6 Å². The summed E-state index contributed by atoms with van der Waals surface area (Å²) in [4.78, 5) is 20.4. The average molecular weight is 246 g/mol. The summed E-state index contributed by atoms with van der Waals surface area (Å²) < 4.78 is 0. The van der Waals surface area contributed by atoms with Crippen molar-refractivity contribution >= 4 is 17.5 Å². The molecule has 1 aromatic heterocycles. The average Bonchev–Trinajstić information content (AvgIpc) is 2.39. The molecule has 1 amide bonds. The summed E-state index contributed by atoms with van der Waals surface area (Å²) in [6, 6.07) is 0. The molecule has 0 aromatic carbocycles. The van der Waals surface area contributed by atoms with Gasteiger partial charge in [-0.3, -0.25) is 4.79 Å². The third-order valence-corrected chi connectivity index (χ3v) is 3.89. The highest BCUT2D eigenvalue weighted by molar-refractivity contribution is 5.93. The summed E-state index contributed by atoms with van der Waals surface area (Å²) in [6.07, 6.45) is 7.15. The standard InChI is InChI=1S/C13H18N4O/c14-11-9-6-7-10(18)15-13(9)17-12(16-11)8-4-2-1-3-5-8/h8H,1-7H2,(H3,14,15,16,17,18). The number of carbonyl (C=O) groups excluding carboxylic acids is 1. The summed E-state index contributed by atoms with van der Waals surface area (Å²) in [7, 11) is 0. The highest BCUT2D eigenvalue weighted by Crippen LogP contribution is 2.33. The number of amides is 1. The summed E-state index contributed by atoms with van der Waals surface area (Å²) in [5.74, 6) is 2.42. The molecule has 96 valence electrons. The van der Waals surface area contributed by atoms with Crippen LogP contribution in [0.15, 0.2) is 0 Å². The van der Waals surface area contributed by atoms with Gasteiger partial charge in [0.1, 0.15) is 17.5 Å². The van der Waals surface area contributed by atoms with E-state index in [4.69, 9.17) is 5.73 Å². The van der Waals surface area contributed by atoms with Gasteiger partial charge in [0.15, 0.2) is 0 Å². The van der Waals surface area contributed by atoms with E-state index >= 15 is 0 Å². The lowest BCUT2D eigenvalue weighted by molar-refractivity contribution is -0.116. The number of fused-ring (bicyclic) bond motifs is 1. The smallest absolute Gasteiger partial charge is 0.225 e. The van der Waals surface area contributed by atoms with Gasteiger partial charge in [-0.05, 0) is 19.3 Å². The molecule has 5 nitrogen and oxygen atoms in total. The lowest BCUT2D eigenvalue weighted by Crippen LogP contribution is -2.23. The number of nitrogens with two attached hydrogens (primary N) is 1. The summed E-state index contributed by atoms with van der Waals surface area (Å²) in [5.41, 5.74) is 6.89. The van der Waals surface area contributed by atoms with E-state index in [0.29, 0.717) is 30.4 Å². The number of hydrogen-bond acceptors (Lipinski definition) is 4. The van der Waals surface area contributed by atoms with Crippen molar-refractivity contribution in [2.75, 3.05) is 11.1 Å². The van der Waals surface area contributed by atoms with Gasteiger partial charge in [-0.2, -0.15) is 0 Å². The lowest BCUT2D eigenvalue weighted by Gasteiger charge is -2.23. The maximum atomic E-state index is 11.4. The molecule has 1 aromatic rings. The van der Waals surface area contributed by atoms with E-state index in [1.54, 1.807) is 0 Å². The molecule has 1 saturated carbocycles. The molecule has 0 unspecified atom stereocenters. The molecular formula is C13H18N4O. The van der Waals surface area contributed by atoms with Crippen LogP contribution in [0.3, 0.4) is 0 Å². The predicted molar refractivity (Wildman–Crippen MR) is 69.2 cm³/mol. The maximum absolute atomic E-state index is 11.4. The molecule has 0 atom stereocenters. The highest BCUT2D eigenvalue weighted by atomic mass is 16.1. The van der Waals surface area contributed by atoms with Crippen molar-refractivity contribution in [3.63, 3.8) is 0 Å². The number of nitrogens with zero attached hydrogens (tertiary/aromatic N) is 2. The Morgan fingerprint density at radius 3 is 2.67 bits per heavy atom. The summed E-state index contributed by atoms with van der Waals surface area (Å²) in [6.45, 7) is 0. The number of hydrogen-bond donors (Lipinski definition) is 2. The van der Waals surface area contributed by atoms with Crippen LogP contribution in [0.2, 0.25) is 0 Å². The number of anilines is 2. The number of rotatable bonds is 1. The van der Waals surface area contributed by atoms with E-state index in [1.165, 1.54) is 19.3 Å². The van der Waals surface area contributed by atoms with E-state index < -0.39 is 0 Å². The monoisotopic (exact) mass is 246 g/mol. The first kappa shape index (κ1) is 11.4. The summed E-state index contributed by atoms with van der Waals surface area (Å²) >= 11 is 0. The van der Waals surface area contributed by atoms with Gasteiger partial charge in [-0.1, -0.05) is 19.3 Å². The largest absolute Gasteiger partial charge is 0.383 e. The van der Waals surface area contributed by atoms with E-state index in [1.807, 2.05) is 0 Å². The predicted octanol–water partition coefficient (Wildman–Crippen LogP) is 1.99. The van der Waals surface area contributed by atoms with E-state index in [-0.39, 0.29) is 5.91 Å². The van der Waals surface area contributed by atoms with Crippen molar-refractivity contribution in [3.05, 3.63) is 11.4 Å². The Morgan fingerprint density at radius 2 is 1.89 bits per heavy atom. The Balaban J connectivity index is 1.94. The molecule has 1 aliphatic carbocycles. The SMILES string of the molecule is Nc1nc(C2CCCCC2)nc2c1CCC(=O)N2. The fourth-order valence-corrected chi connectivity index (χ4v) is 2.85. The van der Waals surface area contributed by atoms with Crippen LogP contribution in [0.25, 0.3) is 0 Å². The van der Waals surface area contributed by atoms with Crippen LogP contribution in [-0.4, -0.2) is 15.9 Å². The molecule has 5 heteroatoms. The molecule has 0 spiro atoms. The zero-order valence-corrected chi connectivity index (χ0v) is 10.4. The number of nitrogen functional groups attached to an aromatic ring is 1. The van der Waals surface area contributed by atoms with Crippen LogP contribution in [-0.2, 0) is 11.2 Å². The minimum Gasteiger partial charge on any atom is -0.383 e. The fraction of sp³-hybridized carbons (Fsp3) is 0.615. The Hall–Kier alpha value is -1.65. The molecule has 0 radical (unpaired) electrons. The molecule has 18 heavy (non-hydrogen) atoms. The zero-order chi connectivity index (χ0) is 12.5. The molecule has 1 aliphatic heterocycles. The second-order valence-electron chi connectivity index (χ2n) is 5.18. The molecule has 2 aliphatic rings. The Labute approximate surface area is 106 Å². The molecule has 3 N–H and O–H groups in total. The first-order valence-electron chi connectivity index (χ1n) is 6.70. The number of carbonyl (C=O) groups is 1. The van der Waals surface area contributed by atoms with Crippen LogP contribution >= 0.6 is 0 Å². The molecule has 1 fully saturated rings. The van der Waals surface area contributed by atoms with Crippen LogP contribution in [0, 0.1) is 0 Å². The molecule has 0 saturated heterocycles. The number of aromatic nitrogens is 2. The van der Waals surface area contributed by atoms with E-state index in [9.17, 15) is 4.79 Å². The first-order chi connectivity index (χ1) is 8.74. The van der Waals surface area contributed by atoms with Gasteiger partial charge in [-0.25, -0.2) is 9.97 Å². The van der Waals surface area contributed by atoms with Gasteiger partial charge in [0.25, 0.3) is 0 Å². The van der Waals surface area contributed by atoms with Crippen molar-refractivity contribution in [1.82, 2.24) is 9.97 Å². The van der Waals surface area contributed by atoms with Gasteiger partial charge >= 0.3 is 0 Å². The zero-order valence-electron chi connectivity index (χ0n) is 10.4. The number of nitrogens with one attached hydrogen (secondary N) is 1. The first-order valence-corrected chi connectivity index (χ1v) is 6.70. The van der Waals surface area contributed by atoms with E-state index in [2.05, 4.69) is 15.3 Å². The van der Waals surface area contributed by atoms with E-state index in [0.717, 1.165) is 24.2 Å². The molecule has 2 heterocycles. The third kappa shape index (κ3) is 2.05. The van der Waals surface area contributed by atoms with Gasteiger partial charge in [-0.15, -0.1) is 0 Å². The van der Waals surface area contributed by atoms with Gasteiger partial charge in [0.2, 0.25) is 5.91 Å². The van der Waals surface area contributed by atoms with Gasteiger partial charge < -0.3 is 11.1 Å². The van der Waals surface area contributed by atoms with Crippen molar-refractivity contribution in [3.8, 4) is 0 Å². The Kier molecular flexibility index (Phi) is 2.89. The minimum atomic E-state index is 0.0233. The minimum absolute atomic E-state index is 0.0233. The molecule has 3 rings (SSSR count). The Bertz CT molecular complexity index is 480. The quantitative estimate of drug-likeness (QED) is 0.794. The van der Waals surface area contributed by atoms with Gasteiger partial charge in [0, 0.05) is 17.9 Å². The van der Waals surface area contributed by atoms with Crippen molar-refractivity contribution < 1.29 is 4.79 Å². The van der Waals surface area contributed by atoms with Crippen LogP contribution in [0.1, 0.15) is 55.8 Å². The summed E-state index contributed by atoms with van der Waals surface area (Å²) in [5, 5.41) is 2.81. The molecular weight excluding hydrogens is 228 g/mol. The Morgan fingerprint density at radius 1 is 1.11 bits per heavy atom. The second kappa shape index (κ2) is 4.55. The second-order valence-corrected chi connectivity index (χ2v) is 5.18. The van der Waals surface area contributed by atoms with Crippen molar-refractivity contribution in [2.45, 2.75) is 50.9 Å². The fourth-order valence-electron chi connectivity index (χ4n) is 2.85. The highest BCUT2D eigenvalue weighted by Gasteiger charge is 2.24. The van der Waals surface area contributed by atoms with Crippen LogP contribution < -0.4 is 11.1 Å². The topological polar surface area (TPSA) is 80.9 Å².